The second-order valence-corrected chi connectivity index (χ2v) is 5.04. The summed E-state index contributed by atoms with van der Waals surface area (Å²) in [7, 11) is 1.62. The maximum atomic E-state index is 9.36. The van der Waals surface area contributed by atoms with Gasteiger partial charge in [-0.3, -0.25) is 4.98 Å². The van der Waals surface area contributed by atoms with E-state index in [1.54, 1.807) is 13.3 Å². The number of benzene rings is 2. The summed E-state index contributed by atoms with van der Waals surface area (Å²) in [5.74, 6) is 0.742. The smallest absolute Gasteiger partial charge is 0.121 e. The van der Waals surface area contributed by atoms with Crippen molar-refractivity contribution in [3.8, 4) is 11.8 Å². The highest BCUT2D eigenvalue weighted by molar-refractivity contribution is 5.96. The highest BCUT2D eigenvalue weighted by atomic mass is 35.5. The van der Waals surface area contributed by atoms with Gasteiger partial charge in [0.05, 0.1) is 23.9 Å². The fraction of sp³-hybridized carbons (Fsp3) is 0.111. The minimum Gasteiger partial charge on any atom is -0.497 e. The molecule has 5 heteroatoms. The molecule has 0 radical (unpaired) electrons. The summed E-state index contributed by atoms with van der Waals surface area (Å²) in [5, 5.41) is 13.6. The van der Waals surface area contributed by atoms with Crippen molar-refractivity contribution in [3.63, 3.8) is 0 Å². The van der Waals surface area contributed by atoms with E-state index in [2.05, 4.69) is 16.4 Å². The Kier molecular flexibility index (Phi) is 5.05. The molecule has 116 valence electrons. The molecule has 0 saturated carbocycles. The van der Waals surface area contributed by atoms with E-state index in [1.807, 2.05) is 49.4 Å². The number of ether oxygens (including phenoxy) is 1. The van der Waals surface area contributed by atoms with Crippen LogP contribution in [0.3, 0.4) is 0 Å². The number of nitrogens with zero attached hydrogens (tertiary/aromatic N) is 2. The molecule has 3 aromatic rings. The van der Waals surface area contributed by atoms with Gasteiger partial charge in [0.2, 0.25) is 0 Å². The largest absolute Gasteiger partial charge is 0.497 e. The monoisotopic (exact) mass is 325 g/mol. The predicted octanol–water partition coefficient (Wildman–Crippen LogP) is 4.59. The van der Waals surface area contributed by atoms with Crippen molar-refractivity contribution < 1.29 is 4.74 Å². The van der Waals surface area contributed by atoms with Gasteiger partial charge in [-0.05, 0) is 36.8 Å². The Bertz CT molecular complexity index is 887. The van der Waals surface area contributed by atoms with Crippen LogP contribution in [0, 0.1) is 18.3 Å². The molecule has 0 unspecified atom stereocenters. The minimum atomic E-state index is 0. The average Bonchev–Trinajstić information content (AvgIpc) is 2.54. The van der Waals surface area contributed by atoms with Gasteiger partial charge in [0.25, 0.3) is 0 Å². The van der Waals surface area contributed by atoms with Gasteiger partial charge in [0.15, 0.2) is 0 Å². The second-order valence-electron chi connectivity index (χ2n) is 5.04. The lowest BCUT2D eigenvalue weighted by Crippen LogP contribution is -1.97. The molecule has 0 saturated heterocycles. The zero-order valence-electron chi connectivity index (χ0n) is 12.8. The maximum absolute atomic E-state index is 9.36. The van der Waals surface area contributed by atoms with Crippen LogP contribution in [-0.2, 0) is 0 Å². The summed E-state index contributed by atoms with van der Waals surface area (Å²) in [4.78, 5) is 4.34. The first-order valence-corrected chi connectivity index (χ1v) is 6.92. The first-order valence-electron chi connectivity index (χ1n) is 6.92. The molecule has 0 aliphatic rings. The molecule has 1 heterocycles. The Morgan fingerprint density at radius 1 is 1.17 bits per heavy atom. The molecule has 0 spiro atoms. The van der Waals surface area contributed by atoms with Crippen LogP contribution in [0.2, 0.25) is 0 Å². The van der Waals surface area contributed by atoms with E-state index in [0.717, 1.165) is 33.6 Å². The number of anilines is 2. The summed E-state index contributed by atoms with van der Waals surface area (Å²) >= 11 is 0. The van der Waals surface area contributed by atoms with E-state index in [1.165, 1.54) is 0 Å². The summed E-state index contributed by atoms with van der Waals surface area (Å²) in [6, 6.07) is 15.9. The normalized spacial score (nSPS) is 9.78. The molecule has 3 rings (SSSR count). The van der Waals surface area contributed by atoms with Crippen LogP contribution in [0.5, 0.6) is 5.75 Å². The lowest BCUT2D eigenvalue weighted by molar-refractivity contribution is 0.415. The van der Waals surface area contributed by atoms with Crippen molar-refractivity contribution in [2.45, 2.75) is 6.92 Å². The van der Waals surface area contributed by atoms with Crippen molar-refractivity contribution in [2.75, 3.05) is 12.4 Å². The summed E-state index contributed by atoms with van der Waals surface area (Å²) in [6.07, 6.45) is 1.58. The SMILES string of the molecule is COc1ccc2c(Nc3cccc(C)c3)c(C#N)cnc2c1.Cl. The quantitative estimate of drug-likeness (QED) is 0.765. The van der Waals surface area contributed by atoms with E-state index < -0.39 is 0 Å². The van der Waals surface area contributed by atoms with E-state index in [-0.39, 0.29) is 12.4 Å². The highest BCUT2D eigenvalue weighted by Crippen LogP contribution is 2.30. The molecule has 0 aliphatic heterocycles. The molecule has 23 heavy (non-hydrogen) atoms. The number of fused-ring (bicyclic) bond motifs is 1. The van der Waals surface area contributed by atoms with Crippen molar-refractivity contribution >= 4 is 34.7 Å². The summed E-state index contributed by atoms with van der Waals surface area (Å²) in [6.45, 7) is 2.03. The predicted molar refractivity (Wildman–Crippen MR) is 94.7 cm³/mol. The molecule has 0 atom stereocenters. The van der Waals surface area contributed by atoms with Crippen LogP contribution in [-0.4, -0.2) is 12.1 Å². The molecule has 1 N–H and O–H groups in total. The molecule has 0 aliphatic carbocycles. The fourth-order valence-electron chi connectivity index (χ4n) is 2.39. The van der Waals surface area contributed by atoms with Crippen LogP contribution in [0.15, 0.2) is 48.7 Å². The number of methoxy groups -OCH3 is 1. The van der Waals surface area contributed by atoms with Gasteiger partial charge in [-0.25, -0.2) is 0 Å². The number of rotatable bonds is 3. The van der Waals surface area contributed by atoms with Gasteiger partial charge < -0.3 is 10.1 Å². The molecule has 0 bridgehead atoms. The van der Waals surface area contributed by atoms with Crippen LogP contribution in [0.1, 0.15) is 11.1 Å². The van der Waals surface area contributed by atoms with Crippen molar-refractivity contribution in [1.29, 1.82) is 5.26 Å². The Hall–Kier alpha value is -2.77. The molecular formula is C18H16ClN3O. The van der Waals surface area contributed by atoms with Crippen LogP contribution in [0.25, 0.3) is 10.9 Å². The molecule has 0 fully saturated rings. The number of hydrogen-bond donors (Lipinski definition) is 1. The molecule has 0 amide bonds. The molecule has 4 nitrogen and oxygen atoms in total. The first kappa shape index (κ1) is 16.6. The lowest BCUT2D eigenvalue weighted by atomic mass is 10.1. The zero-order valence-corrected chi connectivity index (χ0v) is 13.6. The first-order chi connectivity index (χ1) is 10.7. The van der Waals surface area contributed by atoms with Gasteiger partial charge in [-0.2, -0.15) is 5.26 Å². The minimum absolute atomic E-state index is 0. The van der Waals surface area contributed by atoms with Gasteiger partial charge in [-0.15, -0.1) is 12.4 Å². The van der Waals surface area contributed by atoms with Crippen molar-refractivity contribution in [2.24, 2.45) is 0 Å². The van der Waals surface area contributed by atoms with Gasteiger partial charge in [0.1, 0.15) is 11.8 Å². The average molecular weight is 326 g/mol. The second kappa shape index (κ2) is 6.99. The Morgan fingerprint density at radius 3 is 2.70 bits per heavy atom. The lowest BCUT2D eigenvalue weighted by Gasteiger charge is -2.12. The van der Waals surface area contributed by atoms with Crippen LogP contribution >= 0.6 is 12.4 Å². The van der Waals surface area contributed by atoms with E-state index in [4.69, 9.17) is 4.74 Å². The third kappa shape index (κ3) is 3.36. The van der Waals surface area contributed by atoms with Gasteiger partial charge in [-0.1, -0.05) is 12.1 Å². The van der Waals surface area contributed by atoms with E-state index in [0.29, 0.717) is 5.56 Å². The van der Waals surface area contributed by atoms with Crippen molar-refractivity contribution in [1.82, 2.24) is 4.98 Å². The van der Waals surface area contributed by atoms with Crippen LogP contribution in [0.4, 0.5) is 11.4 Å². The standard InChI is InChI=1S/C18H15N3O.ClH/c1-12-4-3-5-14(8-12)21-18-13(10-19)11-20-17-9-15(22-2)6-7-16(17)18;/h3-9,11H,1-2H3,(H,20,21);1H. The number of pyridine rings is 1. The number of nitriles is 1. The summed E-state index contributed by atoms with van der Waals surface area (Å²) in [5.41, 5.74) is 4.16. The van der Waals surface area contributed by atoms with Crippen LogP contribution < -0.4 is 10.1 Å². The fourth-order valence-corrected chi connectivity index (χ4v) is 2.39. The maximum Gasteiger partial charge on any atom is 0.121 e. The highest BCUT2D eigenvalue weighted by Gasteiger charge is 2.10. The third-order valence-corrected chi connectivity index (χ3v) is 3.48. The molecular weight excluding hydrogens is 310 g/mol. The number of nitrogens with one attached hydrogen (secondary N) is 1. The number of aromatic nitrogens is 1. The number of halogens is 1. The molecule has 2 aromatic carbocycles. The van der Waals surface area contributed by atoms with Gasteiger partial charge in [0, 0.05) is 23.3 Å². The Morgan fingerprint density at radius 2 is 2.00 bits per heavy atom. The van der Waals surface area contributed by atoms with Crippen molar-refractivity contribution in [3.05, 3.63) is 59.8 Å². The number of hydrogen-bond acceptors (Lipinski definition) is 4. The Labute approximate surface area is 141 Å². The Balaban J connectivity index is 0.00000192. The third-order valence-electron chi connectivity index (χ3n) is 3.48. The summed E-state index contributed by atoms with van der Waals surface area (Å²) < 4.78 is 5.23. The zero-order chi connectivity index (χ0) is 15.5. The van der Waals surface area contributed by atoms with Gasteiger partial charge >= 0.3 is 0 Å². The van der Waals surface area contributed by atoms with E-state index >= 15 is 0 Å². The topological polar surface area (TPSA) is 57.9 Å². The van der Waals surface area contributed by atoms with E-state index in [9.17, 15) is 5.26 Å². The number of aryl methyl sites for hydroxylation is 1. The molecule has 1 aromatic heterocycles.